The van der Waals surface area contributed by atoms with E-state index in [1.54, 1.807) is 30.5 Å². The van der Waals surface area contributed by atoms with Gasteiger partial charge in [0.2, 0.25) is 6.79 Å². The van der Waals surface area contributed by atoms with Gasteiger partial charge >= 0.3 is 0 Å². The van der Waals surface area contributed by atoms with Crippen LogP contribution in [-0.4, -0.2) is 38.1 Å². The van der Waals surface area contributed by atoms with E-state index in [4.69, 9.17) is 25.8 Å². The fraction of sp³-hybridized carbons (Fsp3) is 0.227. The Morgan fingerprint density at radius 1 is 1.10 bits per heavy atom. The molecule has 0 radical (unpaired) electrons. The Labute approximate surface area is 178 Å². The zero-order valence-corrected chi connectivity index (χ0v) is 16.8. The number of aromatic nitrogens is 1. The number of para-hydroxylation sites is 1. The van der Waals surface area contributed by atoms with E-state index in [-0.39, 0.29) is 12.2 Å². The van der Waals surface area contributed by atoms with E-state index in [0.29, 0.717) is 52.6 Å². The number of morpholine rings is 1. The zero-order chi connectivity index (χ0) is 21.4. The van der Waals surface area contributed by atoms with Crippen LogP contribution in [0.1, 0.15) is 5.56 Å². The number of ether oxygens (including phenoxy) is 3. The summed E-state index contributed by atoms with van der Waals surface area (Å²) in [6, 6.07) is 12.5. The van der Waals surface area contributed by atoms with Crippen molar-refractivity contribution in [3.63, 3.8) is 0 Å². The van der Waals surface area contributed by atoms with Gasteiger partial charge in [0, 0.05) is 42.4 Å². The minimum absolute atomic E-state index is 0.0646. The number of pyridine rings is 1. The molecule has 0 aliphatic carbocycles. The van der Waals surface area contributed by atoms with Gasteiger partial charge in [-0.1, -0.05) is 12.1 Å². The van der Waals surface area contributed by atoms with Crippen molar-refractivity contribution in [3.8, 4) is 11.5 Å². The van der Waals surface area contributed by atoms with Crippen LogP contribution in [-0.2, 0) is 4.74 Å². The maximum absolute atomic E-state index is 12.8. The lowest BCUT2D eigenvalue weighted by Crippen LogP contribution is -2.37. The largest absolute Gasteiger partial charge is 0.454 e. The molecule has 5 N–H and O–H groups in total. The Bertz CT molecular complexity index is 1220. The highest BCUT2D eigenvalue weighted by atomic mass is 16.7. The number of nitrogens with zero attached hydrogens (tertiary/aromatic N) is 2. The summed E-state index contributed by atoms with van der Waals surface area (Å²) < 4.78 is 16.2. The van der Waals surface area contributed by atoms with Crippen LogP contribution < -0.4 is 36.4 Å². The highest BCUT2D eigenvalue weighted by Gasteiger charge is 2.17. The summed E-state index contributed by atoms with van der Waals surface area (Å²) in [6.07, 6.45) is 1.62. The van der Waals surface area contributed by atoms with Crippen molar-refractivity contribution in [2.75, 3.05) is 43.0 Å². The average molecular weight is 421 g/mol. The summed E-state index contributed by atoms with van der Waals surface area (Å²) in [5.41, 5.74) is 8.83. The standard InChI is InChI=1S/C22H23N5O4/c23-17(12-27(24)14-4-5-19-20(10-14)31-13-30-19)15-2-1-3-16-18(28)11-21(25-22(15)16)26-6-8-29-9-7-26/h1-5,10-12H,6-9,13,23-24H2,(H,25,28)/b17-12-. The van der Waals surface area contributed by atoms with Gasteiger partial charge in [-0.2, -0.15) is 0 Å². The quantitative estimate of drug-likeness (QED) is 0.431. The lowest BCUT2D eigenvalue weighted by Gasteiger charge is -2.28. The summed E-state index contributed by atoms with van der Waals surface area (Å²) in [5, 5.41) is 1.98. The van der Waals surface area contributed by atoms with Crippen molar-refractivity contribution >= 4 is 28.1 Å². The van der Waals surface area contributed by atoms with Crippen LogP contribution in [0.5, 0.6) is 11.5 Å². The lowest BCUT2D eigenvalue weighted by molar-refractivity contribution is 0.122. The minimum atomic E-state index is -0.0646. The van der Waals surface area contributed by atoms with Crippen molar-refractivity contribution in [2.24, 2.45) is 11.6 Å². The van der Waals surface area contributed by atoms with E-state index < -0.39 is 0 Å². The molecule has 0 unspecified atom stereocenters. The molecular formula is C22H23N5O4. The maximum Gasteiger partial charge on any atom is 0.231 e. The highest BCUT2D eigenvalue weighted by molar-refractivity contribution is 5.91. The van der Waals surface area contributed by atoms with Crippen LogP contribution in [0, 0.1) is 0 Å². The first kappa shape index (κ1) is 19.3. The predicted molar refractivity (Wildman–Crippen MR) is 119 cm³/mol. The lowest BCUT2D eigenvalue weighted by atomic mass is 10.1. The van der Waals surface area contributed by atoms with Gasteiger partial charge < -0.3 is 29.8 Å². The van der Waals surface area contributed by atoms with E-state index in [2.05, 4.69) is 9.88 Å². The second-order valence-corrected chi connectivity index (χ2v) is 7.38. The molecule has 0 bridgehead atoms. The molecule has 1 fully saturated rings. The molecule has 2 aliphatic rings. The number of benzene rings is 2. The third kappa shape index (κ3) is 3.65. The van der Waals surface area contributed by atoms with E-state index in [0.717, 1.165) is 18.9 Å². The average Bonchev–Trinajstić information content (AvgIpc) is 3.27. The van der Waals surface area contributed by atoms with Gasteiger partial charge in [-0.15, -0.1) is 0 Å². The summed E-state index contributed by atoms with van der Waals surface area (Å²) >= 11 is 0. The number of hydrogen-bond acceptors (Lipinski definition) is 8. The smallest absolute Gasteiger partial charge is 0.231 e. The molecule has 3 heterocycles. The van der Waals surface area contributed by atoms with Crippen LogP contribution in [0.4, 0.5) is 11.5 Å². The SMILES string of the molecule is N/C(=C\N(N)c1ccc2c(c1)OCO2)c1cccc2c(=O)cc(N3CCOCC3)[nH]c12. The predicted octanol–water partition coefficient (Wildman–Crippen LogP) is 1.73. The van der Waals surface area contributed by atoms with Crippen molar-refractivity contribution in [2.45, 2.75) is 0 Å². The first-order chi connectivity index (χ1) is 15.1. The normalized spacial score (nSPS) is 16.0. The van der Waals surface area contributed by atoms with Gasteiger partial charge in [-0.25, -0.2) is 5.84 Å². The second-order valence-electron chi connectivity index (χ2n) is 7.38. The number of rotatable bonds is 4. The second kappa shape index (κ2) is 7.86. The van der Waals surface area contributed by atoms with Crippen LogP contribution in [0.25, 0.3) is 16.6 Å². The van der Waals surface area contributed by atoms with Crippen LogP contribution in [0.3, 0.4) is 0 Å². The molecule has 31 heavy (non-hydrogen) atoms. The Morgan fingerprint density at radius 2 is 1.90 bits per heavy atom. The van der Waals surface area contributed by atoms with E-state index in [1.165, 1.54) is 5.01 Å². The summed E-state index contributed by atoms with van der Waals surface area (Å²) in [6.45, 7) is 2.88. The molecule has 3 aromatic rings. The van der Waals surface area contributed by atoms with Crippen molar-refractivity contribution < 1.29 is 14.2 Å². The molecule has 0 atom stereocenters. The molecule has 0 spiro atoms. The number of nitrogens with two attached hydrogens (primary N) is 2. The number of H-pyrrole nitrogens is 1. The Morgan fingerprint density at radius 3 is 2.74 bits per heavy atom. The number of hydrogen-bond donors (Lipinski definition) is 3. The summed E-state index contributed by atoms with van der Waals surface area (Å²) in [7, 11) is 0. The molecular weight excluding hydrogens is 398 g/mol. The van der Waals surface area contributed by atoms with Crippen molar-refractivity contribution in [3.05, 3.63) is 64.5 Å². The highest BCUT2D eigenvalue weighted by Crippen LogP contribution is 2.35. The molecule has 1 saturated heterocycles. The molecule has 2 aromatic carbocycles. The molecule has 1 aromatic heterocycles. The fourth-order valence-corrected chi connectivity index (χ4v) is 3.81. The Hall–Kier alpha value is -3.69. The van der Waals surface area contributed by atoms with Crippen LogP contribution >= 0.6 is 0 Å². The van der Waals surface area contributed by atoms with Crippen molar-refractivity contribution in [1.29, 1.82) is 0 Å². The van der Waals surface area contributed by atoms with Crippen LogP contribution in [0.15, 0.2) is 53.5 Å². The van der Waals surface area contributed by atoms with Gasteiger partial charge in [-0.3, -0.25) is 9.80 Å². The molecule has 2 aliphatic heterocycles. The number of hydrazine groups is 1. The molecule has 0 saturated carbocycles. The third-order valence-electron chi connectivity index (χ3n) is 5.45. The number of nitrogens with one attached hydrogen (secondary N) is 1. The van der Waals surface area contributed by atoms with Crippen molar-refractivity contribution in [1.82, 2.24) is 4.98 Å². The first-order valence-electron chi connectivity index (χ1n) is 10.00. The van der Waals surface area contributed by atoms with E-state index >= 15 is 0 Å². The van der Waals surface area contributed by atoms with Gasteiger partial charge in [0.15, 0.2) is 16.9 Å². The van der Waals surface area contributed by atoms with Gasteiger partial charge in [0.1, 0.15) is 5.82 Å². The Balaban J connectivity index is 1.52. The molecule has 9 heteroatoms. The maximum atomic E-state index is 12.8. The van der Waals surface area contributed by atoms with Gasteiger partial charge in [0.05, 0.1) is 30.1 Å². The molecule has 0 amide bonds. The minimum Gasteiger partial charge on any atom is -0.454 e. The fourth-order valence-electron chi connectivity index (χ4n) is 3.81. The first-order valence-corrected chi connectivity index (χ1v) is 10.00. The molecule has 160 valence electrons. The van der Waals surface area contributed by atoms with Gasteiger partial charge in [0.25, 0.3) is 0 Å². The molecule has 9 nitrogen and oxygen atoms in total. The zero-order valence-electron chi connectivity index (χ0n) is 16.8. The van der Waals surface area contributed by atoms with Gasteiger partial charge in [-0.05, 0) is 18.2 Å². The van der Waals surface area contributed by atoms with Crippen LogP contribution in [0.2, 0.25) is 0 Å². The third-order valence-corrected chi connectivity index (χ3v) is 5.45. The summed E-state index contributed by atoms with van der Waals surface area (Å²) in [5.74, 6) is 8.29. The molecule has 5 rings (SSSR count). The van der Waals surface area contributed by atoms with E-state index in [9.17, 15) is 4.79 Å². The monoisotopic (exact) mass is 421 g/mol. The number of aromatic amines is 1. The topological polar surface area (TPSA) is 119 Å². The Kier molecular flexibility index (Phi) is 4.89. The number of anilines is 2. The van der Waals surface area contributed by atoms with E-state index in [1.807, 2.05) is 18.2 Å². The summed E-state index contributed by atoms with van der Waals surface area (Å²) in [4.78, 5) is 18.3. The number of fused-ring (bicyclic) bond motifs is 2.